The van der Waals surface area contributed by atoms with Crippen molar-refractivity contribution in [3.8, 4) is 11.1 Å². The normalized spacial score (nSPS) is 11.6. The molecule has 0 aliphatic heterocycles. The Labute approximate surface area is 149 Å². The Bertz CT molecular complexity index is 860. The molecule has 1 aromatic carbocycles. The topological polar surface area (TPSA) is 52.1 Å². The van der Waals surface area contributed by atoms with E-state index in [0.717, 1.165) is 26.4 Å². The van der Waals surface area contributed by atoms with E-state index < -0.39 is 4.75 Å². The zero-order valence-electron chi connectivity index (χ0n) is 13.8. The minimum Gasteiger partial charge on any atom is -0.465 e. The molecule has 24 heavy (non-hydrogen) atoms. The fourth-order valence-corrected chi connectivity index (χ4v) is 4.36. The highest BCUT2D eigenvalue weighted by atomic mass is 32.2. The summed E-state index contributed by atoms with van der Waals surface area (Å²) in [4.78, 5) is 22.0. The lowest BCUT2D eigenvalue weighted by atomic mass is 10.1. The molecule has 0 radical (unpaired) electrons. The molecule has 0 aliphatic rings. The number of aromatic nitrogens is 2. The Kier molecular flexibility index (Phi) is 4.87. The molecular weight excluding hydrogens is 340 g/mol. The number of nitrogens with zero attached hydrogens (tertiary/aromatic N) is 2. The number of thioether (sulfide) groups is 1. The Morgan fingerprint density at radius 1 is 1.25 bits per heavy atom. The van der Waals surface area contributed by atoms with Gasteiger partial charge in [0, 0.05) is 10.9 Å². The standard InChI is InChI=1S/C18H18N2O2S2/c1-4-22-17(21)18(2,3)24-16-14-13(12-8-6-5-7-9-12)10-23-15(14)19-11-20-16/h5-11H,4H2,1-3H3. The molecular formula is C18H18N2O2S2. The number of esters is 1. The van der Waals surface area contributed by atoms with Crippen molar-refractivity contribution in [2.75, 3.05) is 6.61 Å². The van der Waals surface area contributed by atoms with E-state index in [2.05, 4.69) is 27.5 Å². The van der Waals surface area contributed by atoms with Crippen LogP contribution in [0, 0.1) is 0 Å². The number of ether oxygens (including phenoxy) is 1. The van der Waals surface area contributed by atoms with Gasteiger partial charge in [0.2, 0.25) is 0 Å². The predicted molar refractivity (Wildman–Crippen MR) is 99.4 cm³/mol. The van der Waals surface area contributed by atoms with Gasteiger partial charge >= 0.3 is 5.97 Å². The van der Waals surface area contributed by atoms with Crippen LogP contribution >= 0.6 is 23.1 Å². The number of thiophene rings is 1. The van der Waals surface area contributed by atoms with E-state index in [0.29, 0.717) is 6.61 Å². The molecule has 124 valence electrons. The predicted octanol–water partition coefficient (Wildman–Crippen LogP) is 4.79. The number of rotatable bonds is 5. The molecule has 3 aromatic rings. The van der Waals surface area contributed by atoms with E-state index in [4.69, 9.17) is 4.74 Å². The molecule has 2 aromatic heterocycles. The van der Waals surface area contributed by atoms with Crippen molar-refractivity contribution >= 4 is 39.3 Å². The summed E-state index contributed by atoms with van der Waals surface area (Å²) in [5, 5.41) is 3.89. The first kappa shape index (κ1) is 16.9. The maximum Gasteiger partial charge on any atom is 0.322 e. The first-order valence-corrected chi connectivity index (χ1v) is 9.36. The van der Waals surface area contributed by atoms with Gasteiger partial charge in [-0.2, -0.15) is 0 Å². The van der Waals surface area contributed by atoms with Crippen molar-refractivity contribution < 1.29 is 9.53 Å². The maximum absolute atomic E-state index is 12.2. The number of hydrogen-bond donors (Lipinski definition) is 0. The van der Waals surface area contributed by atoms with Crippen LogP contribution in [0.5, 0.6) is 0 Å². The molecule has 0 saturated heterocycles. The van der Waals surface area contributed by atoms with Crippen molar-refractivity contribution in [1.29, 1.82) is 0 Å². The second kappa shape index (κ2) is 6.91. The molecule has 0 saturated carbocycles. The van der Waals surface area contributed by atoms with E-state index in [1.54, 1.807) is 17.7 Å². The molecule has 4 nitrogen and oxygen atoms in total. The average Bonchev–Trinajstić information content (AvgIpc) is 3.01. The van der Waals surface area contributed by atoms with Gasteiger partial charge in [-0.1, -0.05) is 42.1 Å². The van der Waals surface area contributed by atoms with Gasteiger partial charge in [0.1, 0.15) is 20.9 Å². The van der Waals surface area contributed by atoms with Crippen LogP contribution < -0.4 is 0 Å². The Morgan fingerprint density at radius 3 is 2.71 bits per heavy atom. The van der Waals surface area contributed by atoms with Gasteiger partial charge in [0.05, 0.1) is 12.0 Å². The van der Waals surface area contributed by atoms with Gasteiger partial charge in [0.25, 0.3) is 0 Å². The van der Waals surface area contributed by atoms with Gasteiger partial charge < -0.3 is 4.74 Å². The SMILES string of the molecule is CCOC(=O)C(C)(C)Sc1ncnc2scc(-c3ccccc3)c12. The molecule has 0 fully saturated rings. The number of benzene rings is 1. The minimum atomic E-state index is -0.715. The molecule has 0 amide bonds. The Hall–Kier alpha value is -1.92. The Morgan fingerprint density at radius 2 is 2.00 bits per heavy atom. The fraction of sp³-hybridized carbons (Fsp3) is 0.278. The zero-order valence-corrected chi connectivity index (χ0v) is 15.4. The van der Waals surface area contributed by atoms with E-state index in [9.17, 15) is 4.79 Å². The summed E-state index contributed by atoms with van der Waals surface area (Å²) >= 11 is 3.00. The summed E-state index contributed by atoms with van der Waals surface area (Å²) in [7, 11) is 0. The third-order valence-corrected chi connectivity index (χ3v) is 5.61. The van der Waals surface area contributed by atoms with Gasteiger partial charge in [0.15, 0.2) is 0 Å². The number of carbonyl (C=O) groups is 1. The van der Waals surface area contributed by atoms with Crippen molar-refractivity contribution in [2.45, 2.75) is 30.5 Å². The van der Waals surface area contributed by atoms with Gasteiger partial charge in [-0.3, -0.25) is 4.79 Å². The van der Waals surface area contributed by atoms with E-state index >= 15 is 0 Å². The van der Waals surface area contributed by atoms with E-state index in [1.165, 1.54) is 11.8 Å². The highest BCUT2D eigenvalue weighted by molar-refractivity contribution is 8.01. The van der Waals surface area contributed by atoms with Crippen LogP contribution in [-0.4, -0.2) is 27.3 Å². The lowest BCUT2D eigenvalue weighted by Gasteiger charge is -2.21. The molecule has 0 unspecified atom stereocenters. The van der Waals surface area contributed by atoms with Crippen LogP contribution in [0.25, 0.3) is 21.3 Å². The second-order valence-corrected chi connectivity index (χ2v) is 8.18. The van der Waals surface area contributed by atoms with Crippen LogP contribution in [0.3, 0.4) is 0 Å². The molecule has 0 aliphatic carbocycles. The van der Waals surface area contributed by atoms with Crippen LogP contribution in [-0.2, 0) is 9.53 Å². The highest BCUT2D eigenvalue weighted by Crippen LogP contribution is 2.41. The van der Waals surface area contributed by atoms with Gasteiger partial charge in [-0.05, 0) is 26.3 Å². The summed E-state index contributed by atoms with van der Waals surface area (Å²) < 4.78 is 4.47. The molecule has 0 bridgehead atoms. The molecule has 6 heteroatoms. The first-order chi connectivity index (χ1) is 11.5. The smallest absolute Gasteiger partial charge is 0.322 e. The number of fused-ring (bicyclic) bond motifs is 1. The zero-order chi connectivity index (χ0) is 17.2. The lowest BCUT2D eigenvalue weighted by Crippen LogP contribution is -2.30. The van der Waals surface area contributed by atoms with Crippen molar-refractivity contribution in [3.63, 3.8) is 0 Å². The monoisotopic (exact) mass is 358 g/mol. The molecule has 3 rings (SSSR count). The van der Waals surface area contributed by atoms with Crippen LogP contribution in [0.4, 0.5) is 0 Å². The average molecular weight is 358 g/mol. The molecule has 0 atom stereocenters. The largest absolute Gasteiger partial charge is 0.465 e. The van der Waals surface area contributed by atoms with Gasteiger partial charge in [-0.25, -0.2) is 9.97 Å². The second-order valence-electron chi connectivity index (χ2n) is 5.71. The van der Waals surface area contributed by atoms with Crippen LogP contribution in [0.2, 0.25) is 0 Å². The summed E-state index contributed by atoms with van der Waals surface area (Å²) in [5.41, 5.74) is 2.22. The first-order valence-electron chi connectivity index (χ1n) is 7.67. The number of hydrogen-bond acceptors (Lipinski definition) is 6. The van der Waals surface area contributed by atoms with Crippen LogP contribution in [0.15, 0.2) is 47.1 Å². The molecule has 2 heterocycles. The summed E-state index contributed by atoms with van der Waals surface area (Å²) in [5.74, 6) is -0.238. The lowest BCUT2D eigenvalue weighted by molar-refractivity contribution is -0.145. The minimum absolute atomic E-state index is 0.238. The van der Waals surface area contributed by atoms with Crippen LogP contribution in [0.1, 0.15) is 20.8 Å². The van der Waals surface area contributed by atoms with E-state index in [-0.39, 0.29) is 5.97 Å². The van der Waals surface area contributed by atoms with Crippen molar-refractivity contribution in [3.05, 3.63) is 42.0 Å². The summed E-state index contributed by atoms with van der Waals surface area (Å²) in [6.07, 6.45) is 1.55. The third-order valence-electron chi connectivity index (χ3n) is 3.54. The van der Waals surface area contributed by atoms with E-state index in [1.807, 2.05) is 39.0 Å². The fourth-order valence-electron chi connectivity index (χ4n) is 2.34. The molecule has 0 N–H and O–H groups in total. The van der Waals surface area contributed by atoms with Crippen molar-refractivity contribution in [1.82, 2.24) is 9.97 Å². The summed E-state index contributed by atoms with van der Waals surface area (Å²) in [6, 6.07) is 10.2. The maximum atomic E-state index is 12.2. The number of carbonyl (C=O) groups excluding carboxylic acids is 1. The van der Waals surface area contributed by atoms with Crippen molar-refractivity contribution in [2.24, 2.45) is 0 Å². The quantitative estimate of drug-likeness (QED) is 0.373. The highest BCUT2D eigenvalue weighted by Gasteiger charge is 2.32. The third kappa shape index (κ3) is 3.30. The Balaban J connectivity index is 2.06. The molecule has 0 spiro atoms. The summed E-state index contributed by atoms with van der Waals surface area (Å²) in [6.45, 7) is 5.90. The van der Waals surface area contributed by atoms with Gasteiger partial charge in [-0.15, -0.1) is 11.3 Å².